The number of amides is 2. The average molecular weight is 1070 g/mol. The zero-order chi connectivity index (χ0) is 52.4. The number of carbonyl (C=O) groups excluding carboxylic acids is 4. The summed E-state index contributed by atoms with van der Waals surface area (Å²) in [5, 5.41) is 11.4. The number of halogens is 1. The van der Waals surface area contributed by atoms with Crippen molar-refractivity contribution in [3.05, 3.63) is 274 Å². The van der Waals surface area contributed by atoms with Crippen LogP contribution in [0.1, 0.15) is 56.8 Å². The van der Waals surface area contributed by atoms with Crippen LogP contribution in [0.15, 0.2) is 234 Å². The first kappa shape index (κ1) is 51.0. The van der Waals surface area contributed by atoms with E-state index < -0.39 is 76.0 Å². The number of ether oxygens (including phenoxy) is 2. The number of aromatic nitrogens is 1. The maximum absolute atomic E-state index is 14.8. The van der Waals surface area contributed by atoms with Crippen molar-refractivity contribution in [3.8, 4) is 0 Å². The fraction of sp³-hybridized carbons (Fsp3) is 0.133. The molecule has 16 heteroatoms. The predicted molar refractivity (Wildman–Crippen MR) is 292 cm³/mol. The van der Waals surface area contributed by atoms with Crippen LogP contribution >= 0.6 is 22.9 Å². The number of rotatable bonds is 19. The number of carbonyl (C=O) groups is 4. The van der Waals surface area contributed by atoms with E-state index in [0.717, 1.165) is 32.7 Å². The SMILES string of the molecule is O=C(CO/N=C(\C(=O)NC1C(=O)N2C(C(=O)OC(c3ccccc3)c3ccccc3)=C(CCl)CS(=O)[C@H]12)c1csc(NC(c2ccccc2)(c2ccccc2)c2ccccc2)n1)OC(c1ccccc1)c1ccccc1. The summed E-state index contributed by atoms with van der Waals surface area (Å²) in [6, 6.07) is 65.0. The van der Waals surface area contributed by atoms with Gasteiger partial charge in [-0.3, -0.25) is 18.7 Å². The third-order valence-electron chi connectivity index (χ3n) is 12.9. The first-order valence-corrected chi connectivity index (χ1v) is 27.0. The Hall–Kier alpha value is -8.50. The van der Waals surface area contributed by atoms with Crippen molar-refractivity contribution in [1.82, 2.24) is 15.2 Å². The van der Waals surface area contributed by atoms with Gasteiger partial charge >= 0.3 is 11.9 Å². The number of β-lactam (4-membered cyclic amide) rings is 1. The summed E-state index contributed by atoms with van der Waals surface area (Å²) in [6.07, 6.45) is -1.63. The fourth-order valence-electron chi connectivity index (χ4n) is 9.39. The molecule has 8 aromatic rings. The first-order valence-electron chi connectivity index (χ1n) is 24.2. The standard InChI is InChI=1S/C60H48ClN5O8S2/c61-36-44-39-76(71)57-51(56(69)66(57)52(44)58(70)74-54(42-26-12-3-13-27-42)43-28-14-4-15-29-43)63-55(68)50(65-72-37-49(67)73-53(40-22-8-1-9-23-40)41-24-10-2-11-25-41)48-38-75-59(62-48)64-60(45-30-16-5-17-31-45,46-32-18-6-19-33-46)47-34-20-7-21-35-47/h1-35,38,51,53-54,57H,36-37,39H2,(H,62,64)(H,63,68)/b65-50-/t51?,57-,76?/m1/s1. The molecule has 0 bridgehead atoms. The van der Waals surface area contributed by atoms with E-state index in [-0.39, 0.29) is 28.6 Å². The number of hydrogen-bond acceptors (Lipinski definition) is 12. The van der Waals surface area contributed by atoms with E-state index in [4.69, 9.17) is 30.9 Å². The predicted octanol–water partition coefficient (Wildman–Crippen LogP) is 9.84. The molecule has 380 valence electrons. The van der Waals surface area contributed by atoms with E-state index in [1.807, 2.05) is 212 Å². The Kier molecular flexibility index (Phi) is 15.7. The van der Waals surface area contributed by atoms with E-state index in [2.05, 4.69) is 15.8 Å². The van der Waals surface area contributed by atoms with Crippen molar-refractivity contribution < 1.29 is 37.7 Å². The van der Waals surface area contributed by atoms with Crippen molar-refractivity contribution in [1.29, 1.82) is 0 Å². The molecule has 1 aromatic heterocycles. The Morgan fingerprint density at radius 2 is 1.11 bits per heavy atom. The minimum absolute atomic E-state index is 0.0303. The molecule has 1 saturated heterocycles. The molecule has 13 nitrogen and oxygen atoms in total. The summed E-state index contributed by atoms with van der Waals surface area (Å²) < 4.78 is 26.2. The highest BCUT2D eigenvalue weighted by atomic mass is 35.5. The lowest BCUT2D eigenvalue weighted by Gasteiger charge is -2.49. The summed E-state index contributed by atoms with van der Waals surface area (Å²) in [6.45, 7) is -0.714. The molecule has 0 spiro atoms. The van der Waals surface area contributed by atoms with Crippen LogP contribution in [-0.4, -0.2) is 73.2 Å². The monoisotopic (exact) mass is 1070 g/mol. The van der Waals surface area contributed by atoms with Crippen LogP contribution in [0, 0.1) is 0 Å². The number of fused-ring (bicyclic) bond motifs is 1. The Morgan fingerprint density at radius 1 is 0.671 bits per heavy atom. The number of anilines is 1. The smallest absolute Gasteiger partial charge is 0.356 e. The minimum Gasteiger partial charge on any atom is -0.450 e. The van der Waals surface area contributed by atoms with Crippen LogP contribution in [0.3, 0.4) is 0 Å². The molecule has 0 saturated carbocycles. The van der Waals surface area contributed by atoms with Gasteiger partial charge in [0.15, 0.2) is 23.1 Å². The van der Waals surface area contributed by atoms with Crippen LogP contribution < -0.4 is 10.6 Å². The highest BCUT2D eigenvalue weighted by Crippen LogP contribution is 2.42. The van der Waals surface area contributed by atoms with Gasteiger partial charge in [0.1, 0.15) is 28.3 Å². The largest absolute Gasteiger partial charge is 0.450 e. The molecule has 10 rings (SSSR count). The van der Waals surface area contributed by atoms with Gasteiger partial charge < -0.3 is 24.9 Å². The zero-order valence-corrected chi connectivity index (χ0v) is 42.9. The third-order valence-corrected chi connectivity index (χ3v) is 15.7. The van der Waals surface area contributed by atoms with E-state index in [0.29, 0.717) is 16.3 Å². The number of hydrogen-bond donors (Lipinski definition) is 2. The third kappa shape index (κ3) is 10.7. The van der Waals surface area contributed by atoms with Crippen LogP contribution in [-0.2, 0) is 49.8 Å². The molecule has 2 aliphatic heterocycles. The summed E-state index contributed by atoms with van der Waals surface area (Å²) in [5.41, 5.74) is 4.29. The lowest BCUT2D eigenvalue weighted by Crippen LogP contribution is -2.74. The van der Waals surface area contributed by atoms with Crippen molar-refractivity contribution in [2.75, 3.05) is 23.6 Å². The summed E-state index contributed by atoms with van der Waals surface area (Å²) in [5.74, 6) is -3.67. The van der Waals surface area contributed by atoms with E-state index >= 15 is 0 Å². The van der Waals surface area contributed by atoms with Gasteiger partial charge in [-0.25, -0.2) is 14.6 Å². The van der Waals surface area contributed by atoms with Crippen LogP contribution in [0.5, 0.6) is 0 Å². The Morgan fingerprint density at radius 3 is 1.55 bits per heavy atom. The lowest BCUT2D eigenvalue weighted by atomic mass is 9.77. The number of thiazole rings is 1. The van der Waals surface area contributed by atoms with Gasteiger partial charge in [0.05, 0.1) is 16.6 Å². The molecule has 3 atom stereocenters. The van der Waals surface area contributed by atoms with E-state index in [1.54, 1.807) is 5.38 Å². The fourth-order valence-corrected chi connectivity index (χ4v) is 12.2. The lowest BCUT2D eigenvalue weighted by molar-refractivity contribution is -0.154. The zero-order valence-electron chi connectivity index (χ0n) is 40.5. The van der Waals surface area contributed by atoms with Gasteiger partial charge in [-0.05, 0) is 44.5 Å². The number of nitrogens with one attached hydrogen (secondary N) is 2. The minimum atomic E-state index is -1.83. The molecule has 0 aliphatic carbocycles. The Balaban J connectivity index is 0.955. The molecule has 0 radical (unpaired) electrons. The second kappa shape index (κ2) is 23.4. The van der Waals surface area contributed by atoms with Crippen molar-refractivity contribution >= 4 is 68.3 Å². The van der Waals surface area contributed by atoms with Crippen molar-refractivity contribution in [2.24, 2.45) is 5.16 Å². The molecular formula is C60H48ClN5O8S2. The molecule has 2 aliphatic rings. The van der Waals surface area contributed by atoms with Crippen LogP contribution in [0.4, 0.5) is 5.13 Å². The summed E-state index contributed by atoms with van der Waals surface area (Å²) >= 11 is 7.59. The maximum atomic E-state index is 14.8. The number of oxime groups is 1. The van der Waals surface area contributed by atoms with Gasteiger partial charge in [-0.15, -0.1) is 22.9 Å². The molecular weight excluding hydrogens is 1020 g/mol. The van der Waals surface area contributed by atoms with Gasteiger partial charge in [-0.1, -0.05) is 217 Å². The Labute approximate surface area is 450 Å². The summed E-state index contributed by atoms with van der Waals surface area (Å²) in [7, 11) is -1.83. The number of nitrogens with zero attached hydrogens (tertiary/aromatic N) is 3. The number of esters is 2. The van der Waals surface area contributed by atoms with Crippen molar-refractivity contribution in [2.45, 2.75) is 29.2 Å². The molecule has 7 aromatic carbocycles. The van der Waals surface area contributed by atoms with Gasteiger partial charge in [0, 0.05) is 11.3 Å². The second-order valence-corrected chi connectivity index (χ2v) is 20.3. The molecule has 2 amide bonds. The molecule has 3 heterocycles. The van der Waals surface area contributed by atoms with E-state index in [1.165, 1.54) is 11.3 Å². The molecule has 2 N–H and O–H groups in total. The topological polar surface area (TPSA) is 166 Å². The van der Waals surface area contributed by atoms with Crippen LogP contribution in [0.2, 0.25) is 0 Å². The Bertz CT molecular complexity index is 3240. The van der Waals surface area contributed by atoms with Gasteiger partial charge in [0.25, 0.3) is 11.8 Å². The highest BCUT2D eigenvalue weighted by Gasteiger charge is 2.58. The van der Waals surface area contributed by atoms with E-state index in [9.17, 15) is 23.4 Å². The van der Waals surface area contributed by atoms with Gasteiger partial charge in [-0.2, -0.15) is 0 Å². The summed E-state index contributed by atoms with van der Waals surface area (Å²) in [4.78, 5) is 68.8. The van der Waals surface area contributed by atoms with Crippen LogP contribution in [0.25, 0.3) is 0 Å². The molecule has 76 heavy (non-hydrogen) atoms. The average Bonchev–Trinajstić information content (AvgIpc) is 3.96. The molecule has 1 fully saturated rings. The maximum Gasteiger partial charge on any atom is 0.356 e. The first-order chi connectivity index (χ1) is 37.2. The van der Waals surface area contributed by atoms with Crippen molar-refractivity contribution in [3.63, 3.8) is 0 Å². The second-order valence-electron chi connectivity index (χ2n) is 17.7. The normalized spacial score (nSPS) is 16.4. The number of benzene rings is 7. The van der Waals surface area contributed by atoms with Gasteiger partial charge in [0.2, 0.25) is 6.61 Å². The molecule has 2 unspecified atom stereocenters. The highest BCUT2D eigenvalue weighted by molar-refractivity contribution is 7.86. The number of alkyl halides is 1. The quantitative estimate of drug-likeness (QED) is 0.0199.